The van der Waals surface area contributed by atoms with Crippen molar-refractivity contribution in [3.63, 3.8) is 0 Å². The average molecular weight is 365 g/mol. The molecule has 0 bridgehead atoms. The minimum atomic E-state index is -3.46. The molecule has 0 radical (unpaired) electrons. The molecule has 2 heterocycles. The van der Waals surface area contributed by atoms with Gasteiger partial charge < -0.3 is 9.73 Å². The summed E-state index contributed by atoms with van der Waals surface area (Å²) in [6.45, 7) is 4.54. The summed E-state index contributed by atoms with van der Waals surface area (Å²) in [5.74, 6) is 0.632. The van der Waals surface area contributed by atoms with Crippen LogP contribution >= 0.6 is 15.9 Å². The van der Waals surface area contributed by atoms with Crippen molar-refractivity contribution < 1.29 is 12.8 Å². The molecule has 1 aromatic rings. The third kappa shape index (κ3) is 3.63. The predicted octanol–water partition coefficient (Wildman–Crippen LogP) is 2.72. The van der Waals surface area contributed by atoms with Crippen LogP contribution in [-0.4, -0.2) is 32.4 Å². The first kappa shape index (κ1) is 16.0. The van der Waals surface area contributed by atoms with Crippen LogP contribution in [0, 0.1) is 0 Å². The summed E-state index contributed by atoms with van der Waals surface area (Å²) in [6.07, 6.45) is 4.06. The number of furan rings is 1. The van der Waals surface area contributed by atoms with Gasteiger partial charge in [0.25, 0.3) is 0 Å². The van der Waals surface area contributed by atoms with E-state index in [0.717, 1.165) is 32.2 Å². The van der Waals surface area contributed by atoms with E-state index in [9.17, 15) is 8.42 Å². The van der Waals surface area contributed by atoms with Gasteiger partial charge in [0.15, 0.2) is 4.67 Å². The molecule has 1 aliphatic rings. The molecule has 0 unspecified atom stereocenters. The zero-order valence-electron chi connectivity index (χ0n) is 11.7. The lowest BCUT2D eigenvalue weighted by atomic mass is 10.2. The van der Waals surface area contributed by atoms with Crippen molar-refractivity contribution in [2.45, 2.75) is 44.0 Å². The molecule has 0 atom stereocenters. The molecule has 0 aromatic carbocycles. The highest BCUT2D eigenvalue weighted by atomic mass is 79.9. The number of hydrogen-bond donors (Lipinski definition) is 1. The molecule has 5 nitrogen and oxygen atoms in total. The van der Waals surface area contributed by atoms with Gasteiger partial charge >= 0.3 is 0 Å². The first-order valence-corrected chi connectivity index (χ1v) is 9.28. The minimum Gasteiger partial charge on any atom is -0.452 e. The lowest BCUT2D eigenvalue weighted by Crippen LogP contribution is -2.31. The second-order valence-electron chi connectivity index (χ2n) is 4.95. The smallest absolute Gasteiger partial charge is 0.247 e. The maximum atomic E-state index is 12.7. The van der Waals surface area contributed by atoms with Gasteiger partial charge in [0, 0.05) is 19.2 Å². The Morgan fingerprint density at radius 2 is 1.95 bits per heavy atom. The van der Waals surface area contributed by atoms with E-state index in [1.54, 1.807) is 10.4 Å². The van der Waals surface area contributed by atoms with E-state index in [2.05, 4.69) is 21.2 Å². The van der Waals surface area contributed by atoms with E-state index in [0.29, 0.717) is 30.1 Å². The van der Waals surface area contributed by atoms with Gasteiger partial charge in [-0.1, -0.05) is 19.8 Å². The lowest BCUT2D eigenvalue weighted by Gasteiger charge is -2.18. The Balaban J connectivity index is 2.21. The lowest BCUT2D eigenvalue weighted by molar-refractivity contribution is 0.420. The molecule has 1 aromatic heterocycles. The SMILES string of the molecule is CCNCc1cc(S(=O)(=O)N2CCCCCC2)c(Br)o1. The van der Waals surface area contributed by atoms with Crippen molar-refractivity contribution in [3.05, 3.63) is 16.5 Å². The first-order valence-electron chi connectivity index (χ1n) is 7.04. The zero-order valence-corrected chi connectivity index (χ0v) is 14.1. The largest absolute Gasteiger partial charge is 0.452 e. The number of nitrogens with one attached hydrogen (secondary N) is 1. The van der Waals surface area contributed by atoms with Crippen LogP contribution in [0.4, 0.5) is 0 Å². The summed E-state index contributed by atoms with van der Waals surface area (Å²) in [5.41, 5.74) is 0. The number of halogens is 1. The summed E-state index contributed by atoms with van der Waals surface area (Å²) in [6, 6.07) is 1.62. The molecule has 20 heavy (non-hydrogen) atoms. The average Bonchev–Trinajstić information content (AvgIpc) is 2.65. The van der Waals surface area contributed by atoms with Crippen molar-refractivity contribution in [1.29, 1.82) is 0 Å². The highest BCUT2D eigenvalue weighted by Gasteiger charge is 2.29. The molecular weight excluding hydrogens is 344 g/mol. The van der Waals surface area contributed by atoms with Crippen molar-refractivity contribution in [2.75, 3.05) is 19.6 Å². The van der Waals surface area contributed by atoms with E-state index in [1.165, 1.54) is 0 Å². The Labute approximate surface area is 128 Å². The highest BCUT2D eigenvalue weighted by molar-refractivity contribution is 9.10. The molecule has 0 spiro atoms. The van der Waals surface area contributed by atoms with Gasteiger partial charge in [-0.05, 0) is 35.3 Å². The van der Waals surface area contributed by atoms with Crippen LogP contribution in [0.5, 0.6) is 0 Å². The number of rotatable bonds is 5. The monoisotopic (exact) mass is 364 g/mol. The van der Waals surface area contributed by atoms with Crippen LogP contribution in [-0.2, 0) is 16.6 Å². The Bertz CT molecular complexity index is 534. The van der Waals surface area contributed by atoms with Gasteiger partial charge in [-0.15, -0.1) is 0 Å². The van der Waals surface area contributed by atoms with Gasteiger partial charge in [-0.3, -0.25) is 0 Å². The van der Waals surface area contributed by atoms with Gasteiger partial charge in [-0.2, -0.15) is 4.31 Å². The summed E-state index contributed by atoms with van der Waals surface area (Å²) in [5, 5.41) is 3.12. The second-order valence-corrected chi connectivity index (χ2v) is 7.58. The quantitative estimate of drug-likeness (QED) is 0.872. The molecule has 2 rings (SSSR count). The van der Waals surface area contributed by atoms with E-state index >= 15 is 0 Å². The maximum Gasteiger partial charge on any atom is 0.247 e. The van der Waals surface area contributed by atoms with E-state index in [4.69, 9.17) is 4.42 Å². The summed E-state index contributed by atoms with van der Waals surface area (Å²) in [7, 11) is -3.46. The third-order valence-corrected chi connectivity index (χ3v) is 6.19. The molecular formula is C13H21BrN2O3S. The Morgan fingerprint density at radius 3 is 2.55 bits per heavy atom. The molecule has 1 N–H and O–H groups in total. The van der Waals surface area contributed by atoms with Crippen LogP contribution in [0.25, 0.3) is 0 Å². The van der Waals surface area contributed by atoms with E-state index in [-0.39, 0.29) is 4.90 Å². The standard InChI is InChI=1S/C13H21BrN2O3S/c1-2-15-10-11-9-12(13(14)19-11)20(17,18)16-7-5-3-4-6-8-16/h9,15H,2-8,10H2,1H3. The van der Waals surface area contributed by atoms with Crippen LogP contribution in [0.15, 0.2) is 20.0 Å². The van der Waals surface area contributed by atoms with Gasteiger partial charge in [0.1, 0.15) is 10.7 Å². The molecule has 114 valence electrons. The number of nitrogens with zero attached hydrogens (tertiary/aromatic N) is 1. The Hall–Kier alpha value is -0.370. The maximum absolute atomic E-state index is 12.7. The minimum absolute atomic E-state index is 0.243. The summed E-state index contributed by atoms with van der Waals surface area (Å²) < 4.78 is 32.7. The number of hydrogen-bond acceptors (Lipinski definition) is 4. The van der Waals surface area contributed by atoms with Gasteiger partial charge in [0.2, 0.25) is 10.0 Å². The van der Waals surface area contributed by atoms with Crippen molar-refractivity contribution in [3.8, 4) is 0 Å². The molecule has 7 heteroatoms. The fourth-order valence-electron chi connectivity index (χ4n) is 2.33. The van der Waals surface area contributed by atoms with Gasteiger partial charge in [0.05, 0.1) is 6.54 Å². The number of sulfonamides is 1. The topological polar surface area (TPSA) is 62.6 Å². The molecule has 1 fully saturated rings. The zero-order chi connectivity index (χ0) is 14.6. The fourth-order valence-corrected chi connectivity index (χ4v) is 4.81. The Kier molecular flexibility index (Phi) is 5.65. The van der Waals surface area contributed by atoms with Gasteiger partial charge in [-0.25, -0.2) is 8.42 Å². The van der Waals surface area contributed by atoms with Crippen LogP contribution in [0.3, 0.4) is 0 Å². The van der Waals surface area contributed by atoms with E-state index < -0.39 is 10.0 Å². The predicted molar refractivity (Wildman–Crippen MR) is 81.0 cm³/mol. The summed E-state index contributed by atoms with van der Waals surface area (Å²) in [4.78, 5) is 0.243. The van der Waals surface area contributed by atoms with Crippen molar-refractivity contribution in [2.24, 2.45) is 0 Å². The summed E-state index contributed by atoms with van der Waals surface area (Å²) >= 11 is 3.23. The van der Waals surface area contributed by atoms with Crippen molar-refractivity contribution >= 4 is 26.0 Å². The molecule has 1 saturated heterocycles. The highest BCUT2D eigenvalue weighted by Crippen LogP contribution is 2.30. The van der Waals surface area contributed by atoms with Crippen molar-refractivity contribution in [1.82, 2.24) is 9.62 Å². The van der Waals surface area contributed by atoms with E-state index in [1.807, 2.05) is 6.92 Å². The molecule has 0 aliphatic carbocycles. The first-order chi connectivity index (χ1) is 9.55. The second kappa shape index (κ2) is 7.06. The fraction of sp³-hybridized carbons (Fsp3) is 0.692. The molecule has 1 aliphatic heterocycles. The molecule has 0 saturated carbocycles. The van der Waals surface area contributed by atoms with Crippen LogP contribution < -0.4 is 5.32 Å². The van der Waals surface area contributed by atoms with Crippen LogP contribution in [0.2, 0.25) is 0 Å². The third-order valence-electron chi connectivity index (χ3n) is 3.44. The van der Waals surface area contributed by atoms with Crippen LogP contribution in [0.1, 0.15) is 38.4 Å². The normalized spacial score (nSPS) is 18.1. The Morgan fingerprint density at radius 1 is 1.30 bits per heavy atom. The molecule has 0 amide bonds.